The lowest BCUT2D eigenvalue weighted by Crippen LogP contribution is -2.34. The van der Waals surface area contributed by atoms with E-state index in [1.54, 1.807) is 0 Å². The summed E-state index contributed by atoms with van der Waals surface area (Å²) in [4.78, 5) is 14.5. The van der Waals surface area contributed by atoms with Crippen molar-refractivity contribution in [2.45, 2.75) is 26.8 Å². The number of carbonyl (C=O) groups excluding carboxylic acids is 1. The number of halogens is 1. The van der Waals surface area contributed by atoms with Crippen LogP contribution in [0.4, 0.5) is 0 Å². The van der Waals surface area contributed by atoms with Crippen molar-refractivity contribution in [1.82, 2.24) is 20.0 Å². The molecule has 0 aliphatic carbocycles. The molecule has 0 atom stereocenters. The Bertz CT molecular complexity index is 673. The topological polar surface area (TPSA) is 50.2 Å². The Labute approximate surface area is 149 Å². The number of hydrogen-bond acceptors (Lipinski definition) is 3. The van der Waals surface area contributed by atoms with E-state index in [1.165, 1.54) is 0 Å². The van der Waals surface area contributed by atoms with Crippen LogP contribution in [0, 0.1) is 13.8 Å². The third kappa shape index (κ3) is 4.36. The van der Waals surface area contributed by atoms with E-state index in [4.69, 9.17) is 0 Å². The molecule has 1 aliphatic heterocycles. The maximum Gasteiger partial charge on any atom is 0.253 e. The summed E-state index contributed by atoms with van der Waals surface area (Å²) < 4.78 is 1.99. The smallest absolute Gasteiger partial charge is 0.253 e. The zero-order valence-electron chi connectivity index (χ0n) is 14.3. The molecule has 6 heteroatoms. The fourth-order valence-electron chi connectivity index (χ4n) is 2.99. The molecule has 0 spiro atoms. The van der Waals surface area contributed by atoms with Gasteiger partial charge in [0, 0.05) is 30.9 Å². The number of carbonyl (C=O) groups is 1. The van der Waals surface area contributed by atoms with Crippen molar-refractivity contribution in [2.75, 3.05) is 26.2 Å². The highest BCUT2D eigenvalue weighted by Crippen LogP contribution is 2.11. The summed E-state index contributed by atoms with van der Waals surface area (Å²) in [5.41, 5.74) is 4.11. The number of rotatable bonds is 3. The van der Waals surface area contributed by atoms with Gasteiger partial charge in [-0.05, 0) is 50.6 Å². The predicted octanol–water partition coefficient (Wildman–Crippen LogP) is 2.41. The van der Waals surface area contributed by atoms with Gasteiger partial charge in [-0.1, -0.05) is 12.1 Å². The number of aromatic nitrogens is 2. The molecule has 1 fully saturated rings. The van der Waals surface area contributed by atoms with Gasteiger partial charge in [0.25, 0.3) is 5.91 Å². The minimum absolute atomic E-state index is 0. The van der Waals surface area contributed by atoms with Gasteiger partial charge in [-0.15, -0.1) is 12.4 Å². The van der Waals surface area contributed by atoms with E-state index in [9.17, 15) is 4.79 Å². The molecule has 1 N–H and O–H groups in total. The van der Waals surface area contributed by atoms with Crippen LogP contribution in [0.3, 0.4) is 0 Å². The first-order valence-corrected chi connectivity index (χ1v) is 8.23. The second-order valence-electron chi connectivity index (χ2n) is 6.18. The van der Waals surface area contributed by atoms with Gasteiger partial charge < -0.3 is 10.2 Å². The Kier molecular flexibility index (Phi) is 6.40. The number of nitrogens with one attached hydrogen (secondary N) is 1. The van der Waals surface area contributed by atoms with Gasteiger partial charge in [0.1, 0.15) is 0 Å². The van der Waals surface area contributed by atoms with Crippen molar-refractivity contribution in [2.24, 2.45) is 0 Å². The molecule has 0 unspecified atom stereocenters. The molecule has 1 amide bonds. The zero-order valence-corrected chi connectivity index (χ0v) is 15.1. The number of hydrogen-bond donors (Lipinski definition) is 1. The van der Waals surface area contributed by atoms with Gasteiger partial charge in [0.2, 0.25) is 0 Å². The minimum atomic E-state index is 0. The first kappa shape index (κ1) is 18.5. The van der Waals surface area contributed by atoms with E-state index >= 15 is 0 Å². The maximum atomic E-state index is 12.6. The minimum Gasteiger partial charge on any atom is -0.337 e. The van der Waals surface area contributed by atoms with Gasteiger partial charge in [0.05, 0.1) is 12.2 Å². The molecule has 1 aromatic heterocycles. The molecule has 1 aromatic carbocycles. The number of amides is 1. The SMILES string of the molecule is Cc1cc(C)n(Cc2ccc(C(=O)N3CCCNCC3)cc2)n1.Cl. The molecular formula is C18H25ClN4O. The fraction of sp³-hybridized carbons (Fsp3) is 0.444. The van der Waals surface area contributed by atoms with Crippen LogP contribution in [0.1, 0.15) is 33.7 Å². The largest absolute Gasteiger partial charge is 0.337 e. The molecular weight excluding hydrogens is 324 g/mol. The van der Waals surface area contributed by atoms with Gasteiger partial charge in [-0.3, -0.25) is 9.48 Å². The lowest BCUT2D eigenvalue weighted by Gasteiger charge is -2.20. The molecule has 5 nitrogen and oxygen atoms in total. The Morgan fingerprint density at radius 1 is 1.17 bits per heavy atom. The molecule has 0 bridgehead atoms. The van der Waals surface area contributed by atoms with Gasteiger partial charge >= 0.3 is 0 Å². The van der Waals surface area contributed by atoms with E-state index in [0.717, 1.165) is 61.7 Å². The molecule has 1 aliphatic rings. The van der Waals surface area contributed by atoms with Crippen molar-refractivity contribution in [1.29, 1.82) is 0 Å². The van der Waals surface area contributed by atoms with Crippen LogP contribution in [-0.2, 0) is 6.54 Å². The van der Waals surface area contributed by atoms with Crippen molar-refractivity contribution < 1.29 is 4.79 Å². The van der Waals surface area contributed by atoms with Crippen molar-refractivity contribution in [3.63, 3.8) is 0 Å². The highest BCUT2D eigenvalue weighted by molar-refractivity contribution is 5.94. The Morgan fingerprint density at radius 2 is 1.92 bits per heavy atom. The Balaban J connectivity index is 0.00000208. The van der Waals surface area contributed by atoms with Gasteiger partial charge in [0.15, 0.2) is 0 Å². The van der Waals surface area contributed by atoms with E-state index in [-0.39, 0.29) is 18.3 Å². The summed E-state index contributed by atoms with van der Waals surface area (Å²) in [6.45, 7) is 8.28. The summed E-state index contributed by atoms with van der Waals surface area (Å²) in [5.74, 6) is 0.131. The fourth-order valence-corrected chi connectivity index (χ4v) is 2.99. The third-order valence-electron chi connectivity index (χ3n) is 4.26. The highest BCUT2D eigenvalue weighted by atomic mass is 35.5. The monoisotopic (exact) mass is 348 g/mol. The predicted molar refractivity (Wildman–Crippen MR) is 97.9 cm³/mol. The molecule has 1 saturated heterocycles. The van der Waals surface area contributed by atoms with Gasteiger partial charge in [-0.2, -0.15) is 5.10 Å². The normalized spacial score (nSPS) is 14.8. The second-order valence-corrected chi connectivity index (χ2v) is 6.18. The average molecular weight is 349 g/mol. The molecule has 2 aromatic rings. The third-order valence-corrected chi connectivity index (χ3v) is 4.26. The first-order valence-electron chi connectivity index (χ1n) is 8.23. The lowest BCUT2D eigenvalue weighted by atomic mass is 10.1. The summed E-state index contributed by atoms with van der Waals surface area (Å²) in [7, 11) is 0. The number of nitrogens with zero attached hydrogens (tertiary/aromatic N) is 3. The number of benzene rings is 1. The van der Waals surface area contributed by atoms with E-state index < -0.39 is 0 Å². The van der Waals surface area contributed by atoms with E-state index in [0.29, 0.717) is 0 Å². The quantitative estimate of drug-likeness (QED) is 0.926. The molecule has 0 radical (unpaired) electrons. The van der Waals surface area contributed by atoms with E-state index in [1.807, 2.05) is 40.8 Å². The van der Waals surface area contributed by atoms with E-state index in [2.05, 4.69) is 23.4 Å². The summed E-state index contributed by atoms with van der Waals surface area (Å²) in [5, 5.41) is 7.81. The molecule has 3 rings (SSSR count). The molecule has 2 heterocycles. The standard InChI is InChI=1S/C18H24N4O.ClH/c1-14-12-15(2)22(20-14)13-16-4-6-17(7-5-16)18(23)21-10-3-8-19-9-11-21;/h4-7,12,19H,3,8-11,13H2,1-2H3;1H. The molecule has 130 valence electrons. The first-order chi connectivity index (χ1) is 11.1. The molecule has 24 heavy (non-hydrogen) atoms. The van der Waals surface area contributed by atoms with Crippen LogP contribution in [0.25, 0.3) is 0 Å². The van der Waals surface area contributed by atoms with Crippen LogP contribution in [0.5, 0.6) is 0 Å². The van der Waals surface area contributed by atoms with Crippen LogP contribution < -0.4 is 5.32 Å². The highest BCUT2D eigenvalue weighted by Gasteiger charge is 2.16. The summed E-state index contributed by atoms with van der Waals surface area (Å²) in [6.07, 6.45) is 1.02. The van der Waals surface area contributed by atoms with Gasteiger partial charge in [-0.25, -0.2) is 0 Å². The second kappa shape index (κ2) is 8.31. The van der Waals surface area contributed by atoms with Crippen LogP contribution in [-0.4, -0.2) is 46.8 Å². The number of aryl methyl sites for hydroxylation is 2. The molecule has 0 saturated carbocycles. The van der Waals surface area contributed by atoms with Crippen molar-refractivity contribution in [3.05, 3.63) is 52.8 Å². The van der Waals surface area contributed by atoms with Crippen LogP contribution in [0.15, 0.2) is 30.3 Å². The average Bonchev–Trinajstić information content (AvgIpc) is 2.75. The Hall–Kier alpha value is -1.85. The van der Waals surface area contributed by atoms with Crippen LogP contribution >= 0.6 is 12.4 Å². The Morgan fingerprint density at radius 3 is 2.58 bits per heavy atom. The zero-order chi connectivity index (χ0) is 16.2. The lowest BCUT2D eigenvalue weighted by molar-refractivity contribution is 0.0766. The van der Waals surface area contributed by atoms with Crippen molar-refractivity contribution >= 4 is 18.3 Å². The van der Waals surface area contributed by atoms with Crippen LogP contribution in [0.2, 0.25) is 0 Å². The van der Waals surface area contributed by atoms with Crippen molar-refractivity contribution in [3.8, 4) is 0 Å². The summed E-state index contributed by atoms with van der Waals surface area (Å²) >= 11 is 0. The maximum absolute atomic E-state index is 12.6. The summed E-state index contributed by atoms with van der Waals surface area (Å²) in [6, 6.07) is 9.99.